The van der Waals surface area contributed by atoms with Gasteiger partial charge in [-0.15, -0.1) is 24.8 Å². The molecule has 5 rings (SSSR count). The van der Waals surface area contributed by atoms with Gasteiger partial charge in [-0.05, 0) is 31.3 Å². The first-order valence-corrected chi connectivity index (χ1v) is 10.9. The highest BCUT2D eigenvalue weighted by atomic mass is 35.5. The lowest BCUT2D eigenvalue weighted by molar-refractivity contribution is -0.384. The molecule has 3 aromatic rings. The van der Waals surface area contributed by atoms with Crippen LogP contribution in [0.5, 0.6) is 11.6 Å². The number of non-ortho nitro benzene ring substituents is 1. The van der Waals surface area contributed by atoms with Gasteiger partial charge in [0.25, 0.3) is 5.69 Å². The monoisotopic (exact) mass is 536 g/mol. The van der Waals surface area contributed by atoms with Crippen LogP contribution in [0.2, 0.25) is 0 Å². The maximum absolute atomic E-state index is 11.3. The van der Waals surface area contributed by atoms with Gasteiger partial charge in [0.1, 0.15) is 23.8 Å². The average Bonchev–Trinajstić information content (AvgIpc) is 3.33. The molecule has 2 aliphatic heterocycles. The van der Waals surface area contributed by atoms with Crippen molar-refractivity contribution in [1.82, 2.24) is 14.8 Å². The second-order valence-electron chi connectivity index (χ2n) is 8.42. The lowest BCUT2D eigenvalue weighted by Gasteiger charge is -2.31. The summed E-state index contributed by atoms with van der Waals surface area (Å²) in [7, 11) is 2.10. The van der Waals surface area contributed by atoms with Gasteiger partial charge >= 0.3 is 0 Å². The molecule has 36 heavy (non-hydrogen) atoms. The van der Waals surface area contributed by atoms with E-state index in [0.717, 1.165) is 26.2 Å². The molecule has 13 heteroatoms. The number of rotatable bonds is 6. The number of piperazine rings is 1. The molecule has 2 aliphatic rings. The third-order valence-electron chi connectivity index (χ3n) is 6.15. The highest BCUT2D eigenvalue weighted by Gasteiger charge is 2.30. The molecule has 1 saturated heterocycles. The number of fused-ring (bicyclic) bond motifs is 2. The Labute approximate surface area is 219 Å². The van der Waals surface area contributed by atoms with Gasteiger partial charge in [0, 0.05) is 61.3 Å². The minimum Gasteiger partial charge on any atom is -0.508 e. The van der Waals surface area contributed by atoms with Gasteiger partial charge in [0.15, 0.2) is 5.88 Å². The predicted octanol–water partition coefficient (Wildman–Crippen LogP) is 3.43. The quantitative estimate of drug-likeness (QED) is 0.249. The Morgan fingerprint density at radius 2 is 1.89 bits per heavy atom. The van der Waals surface area contributed by atoms with Gasteiger partial charge in [0.2, 0.25) is 0 Å². The molecular weight excluding hydrogens is 511 g/mol. The number of nitro groups is 1. The number of halogens is 2. The van der Waals surface area contributed by atoms with Crippen LogP contribution < -0.4 is 0 Å². The van der Waals surface area contributed by atoms with Gasteiger partial charge in [-0.2, -0.15) is 0 Å². The predicted molar refractivity (Wildman–Crippen MR) is 142 cm³/mol. The summed E-state index contributed by atoms with van der Waals surface area (Å²) < 4.78 is 0. The molecule has 1 aromatic heterocycles. The number of aromatic hydroxyl groups is 2. The van der Waals surface area contributed by atoms with Crippen molar-refractivity contribution in [2.75, 3.05) is 46.4 Å². The van der Waals surface area contributed by atoms with Crippen LogP contribution in [0.25, 0.3) is 10.9 Å². The molecule has 192 valence electrons. The van der Waals surface area contributed by atoms with Crippen LogP contribution in [-0.2, 0) is 4.84 Å². The molecular formula is C23H26Cl2N6O5. The summed E-state index contributed by atoms with van der Waals surface area (Å²) in [6.45, 7) is 5.01. The number of aromatic amines is 1. The third-order valence-corrected chi connectivity index (χ3v) is 6.15. The number of likely N-dealkylation sites (N-methyl/N-ethyl adjacent to an activating group) is 1. The first kappa shape index (κ1) is 27.2. The standard InChI is InChI=1S/C23H24N6O5.2ClH/c1-27-6-8-28(9-7-27)10-11-34-26-21-17-13-15(30)3-5-19(17)24-22(21)20-16-12-14(29(32)33)2-4-18(16)25-23(20)31;;/h2-5,12-13,25,30-31H,6-11H2,1H3;2*1H. The fourth-order valence-corrected chi connectivity index (χ4v) is 4.25. The smallest absolute Gasteiger partial charge is 0.270 e. The van der Waals surface area contributed by atoms with E-state index in [9.17, 15) is 20.3 Å². The first-order chi connectivity index (χ1) is 16.4. The number of aromatic nitrogens is 1. The van der Waals surface area contributed by atoms with Crippen molar-refractivity contribution in [2.45, 2.75) is 0 Å². The third kappa shape index (κ3) is 5.24. The maximum atomic E-state index is 11.3. The summed E-state index contributed by atoms with van der Waals surface area (Å²) in [5, 5.41) is 36.8. The van der Waals surface area contributed by atoms with E-state index in [1.165, 1.54) is 30.3 Å². The van der Waals surface area contributed by atoms with E-state index in [-0.39, 0.29) is 47.7 Å². The van der Waals surface area contributed by atoms with Crippen LogP contribution in [0.3, 0.4) is 0 Å². The molecule has 3 heterocycles. The first-order valence-electron chi connectivity index (χ1n) is 10.9. The molecule has 0 aliphatic carbocycles. The zero-order chi connectivity index (χ0) is 23.8. The zero-order valence-electron chi connectivity index (χ0n) is 19.4. The maximum Gasteiger partial charge on any atom is 0.270 e. The molecule has 0 unspecified atom stereocenters. The van der Waals surface area contributed by atoms with Crippen molar-refractivity contribution in [3.8, 4) is 11.6 Å². The summed E-state index contributed by atoms with van der Waals surface area (Å²) in [6, 6.07) is 8.97. The van der Waals surface area contributed by atoms with Gasteiger partial charge < -0.3 is 24.9 Å². The van der Waals surface area contributed by atoms with Crippen LogP contribution in [0.1, 0.15) is 11.1 Å². The van der Waals surface area contributed by atoms with E-state index < -0.39 is 4.92 Å². The Bertz CT molecular complexity index is 1330. The Balaban J connectivity index is 0.00000180. The van der Waals surface area contributed by atoms with Crippen molar-refractivity contribution in [3.63, 3.8) is 0 Å². The summed E-state index contributed by atoms with van der Waals surface area (Å²) in [4.78, 5) is 28.5. The number of benzene rings is 2. The number of nitrogens with zero attached hydrogens (tertiary/aromatic N) is 5. The largest absolute Gasteiger partial charge is 0.508 e. The second kappa shape index (κ2) is 11.1. The van der Waals surface area contributed by atoms with E-state index >= 15 is 0 Å². The molecule has 11 nitrogen and oxygen atoms in total. The van der Waals surface area contributed by atoms with Gasteiger partial charge in [0.05, 0.1) is 16.2 Å². The van der Waals surface area contributed by atoms with E-state index in [0.29, 0.717) is 46.7 Å². The molecule has 0 amide bonds. The summed E-state index contributed by atoms with van der Waals surface area (Å²) in [5.41, 5.74) is 2.45. The Morgan fingerprint density at radius 3 is 2.61 bits per heavy atom. The molecule has 2 aromatic carbocycles. The number of H-pyrrole nitrogens is 1. The Hall–Kier alpha value is -3.38. The topological polar surface area (TPSA) is 140 Å². The summed E-state index contributed by atoms with van der Waals surface area (Å²) in [6.07, 6.45) is 0. The van der Waals surface area contributed by atoms with Crippen LogP contribution in [0.15, 0.2) is 46.5 Å². The van der Waals surface area contributed by atoms with Crippen molar-refractivity contribution >= 4 is 58.5 Å². The van der Waals surface area contributed by atoms with Crippen LogP contribution in [0, 0.1) is 10.1 Å². The molecule has 0 radical (unpaired) electrons. The van der Waals surface area contributed by atoms with Crippen molar-refractivity contribution in [3.05, 3.63) is 57.6 Å². The highest BCUT2D eigenvalue weighted by Crippen LogP contribution is 2.38. The van der Waals surface area contributed by atoms with Crippen LogP contribution in [-0.4, -0.2) is 87.7 Å². The fourth-order valence-electron chi connectivity index (χ4n) is 4.25. The van der Waals surface area contributed by atoms with Gasteiger partial charge in [-0.1, -0.05) is 5.16 Å². The normalized spacial score (nSPS) is 16.8. The molecule has 0 bridgehead atoms. The number of nitro benzene ring substituents is 1. The van der Waals surface area contributed by atoms with Crippen molar-refractivity contribution in [2.24, 2.45) is 10.1 Å². The number of aliphatic imine (C=N–C) groups is 1. The fraction of sp³-hybridized carbons (Fsp3) is 0.304. The number of hydrogen-bond donors (Lipinski definition) is 3. The number of oxime groups is 1. The minimum absolute atomic E-state index is 0. The van der Waals surface area contributed by atoms with Crippen molar-refractivity contribution < 1.29 is 20.0 Å². The lowest BCUT2D eigenvalue weighted by atomic mass is 10.0. The zero-order valence-corrected chi connectivity index (χ0v) is 21.0. The lowest BCUT2D eigenvalue weighted by Crippen LogP contribution is -2.45. The number of hydrogen-bond acceptors (Lipinski definition) is 9. The van der Waals surface area contributed by atoms with Crippen molar-refractivity contribution in [1.29, 1.82) is 0 Å². The van der Waals surface area contributed by atoms with Crippen LogP contribution in [0.4, 0.5) is 11.4 Å². The van der Waals surface area contributed by atoms with Crippen LogP contribution >= 0.6 is 24.8 Å². The van der Waals surface area contributed by atoms with Gasteiger partial charge in [-0.3, -0.25) is 15.0 Å². The van der Waals surface area contributed by atoms with E-state index in [1.54, 1.807) is 6.07 Å². The van der Waals surface area contributed by atoms with E-state index in [2.05, 4.69) is 32.0 Å². The van der Waals surface area contributed by atoms with E-state index in [4.69, 9.17) is 4.84 Å². The Morgan fingerprint density at radius 1 is 1.14 bits per heavy atom. The number of phenols is 1. The number of nitrogens with one attached hydrogen (secondary N) is 1. The molecule has 0 spiro atoms. The highest BCUT2D eigenvalue weighted by molar-refractivity contribution is 6.58. The molecule has 3 N–H and O–H groups in total. The molecule has 0 atom stereocenters. The molecule has 0 saturated carbocycles. The van der Waals surface area contributed by atoms with E-state index in [1.807, 2.05) is 0 Å². The average molecular weight is 537 g/mol. The second-order valence-corrected chi connectivity index (χ2v) is 8.42. The SMILES string of the molecule is CN1CCN(CCON=C2C(c3c(O)[nH]c4ccc([N+](=O)[O-])cc34)=Nc3ccc(O)cc32)CC1.Cl.Cl. The number of phenolic OH excluding ortho intramolecular Hbond substituents is 1. The minimum atomic E-state index is -0.493. The summed E-state index contributed by atoms with van der Waals surface area (Å²) in [5.74, 6) is -0.143. The molecule has 1 fully saturated rings. The van der Waals surface area contributed by atoms with Gasteiger partial charge in [-0.25, -0.2) is 4.99 Å². The summed E-state index contributed by atoms with van der Waals surface area (Å²) >= 11 is 0. The Kier molecular flexibility index (Phi) is 8.41.